The molecule has 0 aliphatic heterocycles. The minimum absolute atomic E-state index is 0.0537. The topological polar surface area (TPSA) is 61.4 Å². The average molecular weight is 266 g/mol. The molecule has 1 saturated carbocycles. The highest BCUT2D eigenvalue weighted by Gasteiger charge is 2.28. The molecule has 1 unspecified atom stereocenters. The molecular weight excluding hydrogens is 247 g/mol. The van der Waals surface area contributed by atoms with Gasteiger partial charge in [-0.3, -0.25) is 4.79 Å². The summed E-state index contributed by atoms with van der Waals surface area (Å²) in [4.78, 5) is 11.4. The van der Waals surface area contributed by atoms with E-state index in [1.807, 2.05) is 6.92 Å². The Kier molecular flexibility index (Phi) is 4.37. The molecule has 0 radical (unpaired) electrons. The molecule has 1 aliphatic rings. The third-order valence-electron chi connectivity index (χ3n) is 3.28. The Bertz CT molecular complexity index is 461. The Balaban J connectivity index is 1.74. The number of amides is 1. The van der Waals surface area contributed by atoms with Crippen LogP contribution < -0.4 is 10.6 Å². The van der Waals surface area contributed by atoms with Gasteiger partial charge < -0.3 is 15.7 Å². The summed E-state index contributed by atoms with van der Waals surface area (Å²) < 4.78 is 12.9. The minimum atomic E-state index is -0.454. The van der Waals surface area contributed by atoms with E-state index in [-0.39, 0.29) is 23.6 Å². The summed E-state index contributed by atoms with van der Waals surface area (Å²) in [6.07, 6.45) is 2.00. The highest BCUT2D eigenvalue weighted by Crippen LogP contribution is 2.28. The average Bonchev–Trinajstić information content (AvgIpc) is 3.18. The van der Waals surface area contributed by atoms with Gasteiger partial charge in [0.2, 0.25) is 5.91 Å². The molecule has 0 spiro atoms. The Morgan fingerprint density at radius 1 is 1.47 bits per heavy atom. The summed E-state index contributed by atoms with van der Waals surface area (Å²) in [5, 5.41) is 15.7. The van der Waals surface area contributed by atoms with Crippen LogP contribution in [0.2, 0.25) is 0 Å². The van der Waals surface area contributed by atoms with E-state index in [0.29, 0.717) is 18.7 Å². The highest BCUT2D eigenvalue weighted by atomic mass is 19.1. The van der Waals surface area contributed by atoms with Crippen molar-refractivity contribution in [3.05, 3.63) is 29.6 Å². The van der Waals surface area contributed by atoms with Crippen LogP contribution in [-0.2, 0) is 4.79 Å². The number of rotatable bonds is 6. The van der Waals surface area contributed by atoms with Crippen molar-refractivity contribution in [1.29, 1.82) is 0 Å². The van der Waals surface area contributed by atoms with Crippen molar-refractivity contribution >= 4 is 5.91 Å². The fraction of sp³-hybridized carbons (Fsp3) is 0.500. The second-order valence-corrected chi connectivity index (χ2v) is 4.94. The molecule has 3 N–H and O–H groups in total. The number of benzene rings is 1. The van der Waals surface area contributed by atoms with Crippen LogP contribution in [0.3, 0.4) is 0 Å². The summed E-state index contributed by atoms with van der Waals surface area (Å²) in [6, 6.07) is 3.88. The number of phenolic OH excluding ortho intramolecular Hbond substituents is 1. The zero-order valence-corrected chi connectivity index (χ0v) is 10.9. The maximum atomic E-state index is 12.9. The maximum absolute atomic E-state index is 12.9. The number of hydrogen-bond donors (Lipinski definition) is 3. The molecule has 0 bridgehead atoms. The van der Waals surface area contributed by atoms with Crippen LogP contribution in [0, 0.1) is 11.7 Å². The van der Waals surface area contributed by atoms with Gasteiger partial charge >= 0.3 is 0 Å². The first-order valence-corrected chi connectivity index (χ1v) is 6.57. The second kappa shape index (κ2) is 6.02. The van der Waals surface area contributed by atoms with Crippen LogP contribution in [0.4, 0.5) is 4.39 Å². The van der Waals surface area contributed by atoms with Crippen LogP contribution >= 0.6 is 0 Å². The molecule has 1 atom stereocenters. The first-order chi connectivity index (χ1) is 9.08. The Hall–Kier alpha value is -1.62. The van der Waals surface area contributed by atoms with Crippen molar-refractivity contribution in [2.75, 3.05) is 13.1 Å². The lowest BCUT2D eigenvalue weighted by atomic mass is 10.1. The van der Waals surface area contributed by atoms with E-state index in [1.165, 1.54) is 6.07 Å². The molecule has 2 rings (SSSR count). The van der Waals surface area contributed by atoms with Gasteiger partial charge in [-0.05, 0) is 25.8 Å². The zero-order chi connectivity index (χ0) is 13.8. The van der Waals surface area contributed by atoms with E-state index < -0.39 is 5.82 Å². The molecule has 1 amide bonds. The van der Waals surface area contributed by atoms with E-state index in [0.717, 1.165) is 18.9 Å². The summed E-state index contributed by atoms with van der Waals surface area (Å²) in [5.41, 5.74) is 0.648. The molecule has 19 heavy (non-hydrogen) atoms. The smallest absolute Gasteiger partial charge is 0.223 e. The Morgan fingerprint density at radius 2 is 2.21 bits per heavy atom. The lowest BCUT2D eigenvalue weighted by Crippen LogP contribution is -2.33. The maximum Gasteiger partial charge on any atom is 0.223 e. The van der Waals surface area contributed by atoms with Gasteiger partial charge in [0.1, 0.15) is 11.6 Å². The number of phenols is 1. The largest absolute Gasteiger partial charge is 0.508 e. The van der Waals surface area contributed by atoms with Crippen molar-refractivity contribution in [3.63, 3.8) is 0 Å². The highest BCUT2D eigenvalue weighted by molar-refractivity contribution is 5.80. The summed E-state index contributed by atoms with van der Waals surface area (Å²) >= 11 is 0. The Labute approximate surface area is 112 Å². The van der Waals surface area contributed by atoms with Crippen molar-refractivity contribution in [3.8, 4) is 5.75 Å². The van der Waals surface area contributed by atoms with Gasteiger partial charge in [0.25, 0.3) is 0 Å². The quantitative estimate of drug-likeness (QED) is 0.687. The van der Waals surface area contributed by atoms with Gasteiger partial charge in [-0.25, -0.2) is 4.39 Å². The molecule has 1 aromatic carbocycles. The first-order valence-electron chi connectivity index (χ1n) is 6.57. The van der Waals surface area contributed by atoms with Crippen LogP contribution in [0.5, 0.6) is 5.75 Å². The molecule has 1 aromatic rings. The number of halogens is 1. The van der Waals surface area contributed by atoms with E-state index in [1.54, 1.807) is 6.07 Å². The number of carbonyl (C=O) groups excluding carboxylic acids is 1. The summed E-state index contributed by atoms with van der Waals surface area (Å²) in [5.74, 6) is -0.162. The number of hydrogen-bond acceptors (Lipinski definition) is 3. The SMILES string of the molecule is CC(NCCNC(=O)C1CC1)c1ccc(F)cc1O. The van der Waals surface area contributed by atoms with Gasteiger partial charge in [-0.15, -0.1) is 0 Å². The summed E-state index contributed by atoms with van der Waals surface area (Å²) in [6.45, 7) is 3.05. The standard InChI is InChI=1S/C14H19FN2O2/c1-9(12-5-4-11(15)8-13(12)18)16-6-7-17-14(19)10-2-3-10/h4-5,8-10,16,18H,2-3,6-7H2,1H3,(H,17,19). The molecule has 104 valence electrons. The molecule has 4 nitrogen and oxygen atoms in total. The van der Waals surface area contributed by atoms with Crippen molar-refractivity contribution in [2.24, 2.45) is 5.92 Å². The fourth-order valence-electron chi connectivity index (χ4n) is 1.96. The molecule has 0 heterocycles. The van der Waals surface area contributed by atoms with E-state index in [4.69, 9.17) is 0 Å². The molecule has 0 aromatic heterocycles. The third kappa shape index (κ3) is 3.92. The van der Waals surface area contributed by atoms with Crippen LogP contribution in [-0.4, -0.2) is 24.1 Å². The van der Waals surface area contributed by atoms with Gasteiger partial charge in [-0.1, -0.05) is 6.07 Å². The van der Waals surface area contributed by atoms with Gasteiger partial charge in [0.15, 0.2) is 0 Å². The van der Waals surface area contributed by atoms with E-state index in [2.05, 4.69) is 10.6 Å². The number of carbonyl (C=O) groups is 1. The van der Waals surface area contributed by atoms with E-state index >= 15 is 0 Å². The first kappa shape index (κ1) is 13.8. The molecule has 1 fully saturated rings. The van der Waals surface area contributed by atoms with Gasteiger partial charge in [-0.2, -0.15) is 0 Å². The Morgan fingerprint density at radius 3 is 2.84 bits per heavy atom. The molecular formula is C14H19FN2O2. The van der Waals surface area contributed by atoms with Crippen LogP contribution in [0.25, 0.3) is 0 Å². The van der Waals surface area contributed by atoms with Crippen molar-refractivity contribution in [1.82, 2.24) is 10.6 Å². The summed E-state index contributed by atoms with van der Waals surface area (Å²) in [7, 11) is 0. The van der Waals surface area contributed by atoms with Crippen LogP contribution in [0.1, 0.15) is 31.4 Å². The predicted octanol–water partition coefficient (Wildman–Crippen LogP) is 1.71. The van der Waals surface area contributed by atoms with Gasteiger partial charge in [0, 0.05) is 36.7 Å². The van der Waals surface area contributed by atoms with Crippen LogP contribution in [0.15, 0.2) is 18.2 Å². The molecule has 5 heteroatoms. The second-order valence-electron chi connectivity index (χ2n) is 4.94. The van der Waals surface area contributed by atoms with E-state index in [9.17, 15) is 14.3 Å². The van der Waals surface area contributed by atoms with Crippen molar-refractivity contribution in [2.45, 2.75) is 25.8 Å². The third-order valence-corrected chi connectivity index (χ3v) is 3.28. The minimum Gasteiger partial charge on any atom is -0.508 e. The predicted molar refractivity (Wildman–Crippen MR) is 70.2 cm³/mol. The monoisotopic (exact) mass is 266 g/mol. The molecule has 1 aliphatic carbocycles. The number of aromatic hydroxyl groups is 1. The normalized spacial score (nSPS) is 16.1. The zero-order valence-electron chi connectivity index (χ0n) is 10.9. The molecule has 0 saturated heterocycles. The van der Waals surface area contributed by atoms with Gasteiger partial charge in [0.05, 0.1) is 0 Å². The lowest BCUT2D eigenvalue weighted by Gasteiger charge is -2.15. The lowest BCUT2D eigenvalue weighted by molar-refractivity contribution is -0.122. The van der Waals surface area contributed by atoms with Crippen molar-refractivity contribution < 1.29 is 14.3 Å². The fourth-order valence-corrected chi connectivity index (χ4v) is 1.96. The number of nitrogens with one attached hydrogen (secondary N) is 2.